The summed E-state index contributed by atoms with van der Waals surface area (Å²) in [6.45, 7) is 1.98. The SMILES string of the molecule is COc1cccc(NC(=O)N[C@H](C)c2cccc3ccccc23)c1. The van der Waals surface area contributed by atoms with Gasteiger partial charge in [0.05, 0.1) is 13.2 Å². The molecule has 2 amide bonds. The van der Waals surface area contributed by atoms with Gasteiger partial charge in [0.25, 0.3) is 0 Å². The number of fused-ring (bicyclic) bond motifs is 1. The first-order valence-corrected chi connectivity index (χ1v) is 7.86. The van der Waals surface area contributed by atoms with Gasteiger partial charge in [-0.1, -0.05) is 48.5 Å². The van der Waals surface area contributed by atoms with E-state index in [0.717, 1.165) is 16.3 Å². The number of hydrogen-bond acceptors (Lipinski definition) is 2. The Morgan fingerprint density at radius 2 is 1.75 bits per heavy atom. The number of hydrogen-bond donors (Lipinski definition) is 2. The Balaban J connectivity index is 1.73. The molecule has 4 heteroatoms. The second kappa shape index (κ2) is 7.04. The average Bonchev–Trinajstić information content (AvgIpc) is 2.61. The first kappa shape index (κ1) is 15.9. The van der Waals surface area contributed by atoms with Crippen LogP contribution in [0.4, 0.5) is 10.5 Å². The van der Waals surface area contributed by atoms with Crippen LogP contribution in [-0.2, 0) is 0 Å². The van der Waals surface area contributed by atoms with E-state index in [9.17, 15) is 4.79 Å². The molecule has 4 nitrogen and oxygen atoms in total. The Bertz CT molecular complexity index is 856. The van der Waals surface area contributed by atoms with Gasteiger partial charge in [-0.25, -0.2) is 4.79 Å². The van der Waals surface area contributed by atoms with Gasteiger partial charge in [-0.15, -0.1) is 0 Å². The van der Waals surface area contributed by atoms with Crippen molar-refractivity contribution in [2.45, 2.75) is 13.0 Å². The lowest BCUT2D eigenvalue weighted by Gasteiger charge is -2.17. The maximum Gasteiger partial charge on any atom is 0.319 e. The van der Waals surface area contributed by atoms with Crippen molar-refractivity contribution in [3.05, 3.63) is 72.3 Å². The molecule has 0 aliphatic heterocycles. The van der Waals surface area contributed by atoms with Crippen molar-refractivity contribution in [1.29, 1.82) is 0 Å². The molecule has 2 N–H and O–H groups in total. The molecule has 0 fully saturated rings. The van der Waals surface area contributed by atoms with Crippen LogP contribution in [0, 0.1) is 0 Å². The van der Waals surface area contributed by atoms with Gasteiger partial charge in [-0.2, -0.15) is 0 Å². The van der Waals surface area contributed by atoms with Gasteiger partial charge in [0.2, 0.25) is 0 Å². The molecular formula is C20H20N2O2. The molecule has 0 saturated heterocycles. The van der Waals surface area contributed by atoms with Gasteiger partial charge in [-0.3, -0.25) is 0 Å². The zero-order valence-corrected chi connectivity index (χ0v) is 13.7. The van der Waals surface area contributed by atoms with Crippen LogP contribution in [0.15, 0.2) is 66.7 Å². The summed E-state index contributed by atoms with van der Waals surface area (Å²) in [6.07, 6.45) is 0. The summed E-state index contributed by atoms with van der Waals surface area (Å²) >= 11 is 0. The Kier molecular flexibility index (Phi) is 4.66. The molecule has 0 heterocycles. The molecule has 3 aromatic rings. The summed E-state index contributed by atoms with van der Waals surface area (Å²) in [5.41, 5.74) is 1.78. The highest BCUT2D eigenvalue weighted by Gasteiger charge is 2.12. The van der Waals surface area contributed by atoms with Crippen LogP contribution in [0.5, 0.6) is 5.75 Å². The molecule has 3 aromatic carbocycles. The van der Waals surface area contributed by atoms with Crippen molar-refractivity contribution in [2.24, 2.45) is 0 Å². The lowest BCUT2D eigenvalue weighted by atomic mass is 10.00. The summed E-state index contributed by atoms with van der Waals surface area (Å²) in [5.74, 6) is 0.704. The fourth-order valence-electron chi connectivity index (χ4n) is 2.77. The summed E-state index contributed by atoms with van der Waals surface area (Å²) in [6, 6.07) is 21.2. The van der Waals surface area contributed by atoms with Crippen molar-refractivity contribution in [3.63, 3.8) is 0 Å². The van der Waals surface area contributed by atoms with E-state index in [2.05, 4.69) is 28.8 Å². The number of urea groups is 1. The third kappa shape index (κ3) is 3.49. The number of ether oxygens (including phenoxy) is 1. The Morgan fingerprint density at radius 3 is 2.58 bits per heavy atom. The monoisotopic (exact) mass is 320 g/mol. The molecule has 0 aliphatic carbocycles. The first-order valence-electron chi connectivity index (χ1n) is 7.86. The molecule has 0 aromatic heterocycles. The summed E-state index contributed by atoms with van der Waals surface area (Å²) in [4.78, 5) is 12.3. The van der Waals surface area contributed by atoms with E-state index in [4.69, 9.17) is 4.74 Å². The van der Waals surface area contributed by atoms with Gasteiger partial charge in [0, 0.05) is 11.8 Å². The van der Waals surface area contributed by atoms with Gasteiger partial charge < -0.3 is 15.4 Å². The van der Waals surface area contributed by atoms with Crippen molar-refractivity contribution >= 4 is 22.5 Å². The normalized spacial score (nSPS) is 11.8. The number of anilines is 1. The quantitative estimate of drug-likeness (QED) is 0.730. The van der Waals surface area contributed by atoms with E-state index in [-0.39, 0.29) is 12.1 Å². The molecule has 3 rings (SSSR count). The van der Waals surface area contributed by atoms with Crippen molar-refractivity contribution in [3.8, 4) is 5.75 Å². The molecule has 0 spiro atoms. The van der Waals surface area contributed by atoms with Gasteiger partial charge >= 0.3 is 6.03 Å². The molecule has 0 aliphatic rings. The molecule has 1 atom stereocenters. The first-order chi connectivity index (χ1) is 11.7. The molecular weight excluding hydrogens is 300 g/mol. The molecule has 24 heavy (non-hydrogen) atoms. The summed E-state index contributed by atoms with van der Waals surface area (Å²) in [5, 5.41) is 8.13. The fourth-order valence-corrected chi connectivity index (χ4v) is 2.77. The third-order valence-electron chi connectivity index (χ3n) is 3.97. The Labute approximate surface area is 141 Å². The van der Waals surface area contributed by atoms with Crippen LogP contribution in [0.3, 0.4) is 0 Å². The topological polar surface area (TPSA) is 50.4 Å². The molecule has 0 radical (unpaired) electrons. The summed E-state index contributed by atoms with van der Waals surface area (Å²) in [7, 11) is 1.60. The minimum atomic E-state index is -0.247. The van der Waals surface area contributed by atoms with E-state index in [1.54, 1.807) is 13.2 Å². The van der Waals surface area contributed by atoms with Crippen LogP contribution in [0.1, 0.15) is 18.5 Å². The van der Waals surface area contributed by atoms with Crippen LogP contribution < -0.4 is 15.4 Å². The number of nitrogens with one attached hydrogen (secondary N) is 2. The minimum absolute atomic E-state index is 0.110. The van der Waals surface area contributed by atoms with E-state index in [1.165, 1.54) is 0 Å². The largest absolute Gasteiger partial charge is 0.497 e. The maximum absolute atomic E-state index is 12.3. The number of carbonyl (C=O) groups is 1. The molecule has 0 bridgehead atoms. The van der Waals surface area contributed by atoms with E-state index in [0.29, 0.717) is 11.4 Å². The second-order valence-electron chi connectivity index (χ2n) is 5.62. The third-order valence-corrected chi connectivity index (χ3v) is 3.97. The lowest BCUT2D eigenvalue weighted by Crippen LogP contribution is -2.31. The van der Waals surface area contributed by atoms with Crippen LogP contribution in [0.2, 0.25) is 0 Å². The average molecular weight is 320 g/mol. The van der Waals surface area contributed by atoms with Crippen LogP contribution in [-0.4, -0.2) is 13.1 Å². The van der Waals surface area contributed by atoms with Crippen LogP contribution in [0.25, 0.3) is 10.8 Å². The predicted octanol–water partition coefficient (Wildman–Crippen LogP) is 4.73. The lowest BCUT2D eigenvalue weighted by molar-refractivity contribution is 0.249. The van der Waals surface area contributed by atoms with Gasteiger partial charge in [-0.05, 0) is 35.4 Å². The number of methoxy groups -OCH3 is 1. The molecule has 0 saturated carbocycles. The second-order valence-corrected chi connectivity index (χ2v) is 5.62. The van der Waals surface area contributed by atoms with E-state index >= 15 is 0 Å². The van der Waals surface area contributed by atoms with Crippen molar-refractivity contribution in [1.82, 2.24) is 5.32 Å². The molecule has 0 unspecified atom stereocenters. The number of rotatable bonds is 4. The van der Waals surface area contributed by atoms with E-state index < -0.39 is 0 Å². The van der Waals surface area contributed by atoms with Gasteiger partial charge in [0.1, 0.15) is 5.75 Å². The van der Waals surface area contributed by atoms with Crippen molar-refractivity contribution in [2.75, 3.05) is 12.4 Å². The Morgan fingerprint density at radius 1 is 1.00 bits per heavy atom. The fraction of sp³-hybridized carbons (Fsp3) is 0.150. The Hall–Kier alpha value is -3.01. The predicted molar refractivity (Wildman–Crippen MR) is 97.5 cm³/mol. The van der Waals surface area contributed by atoms with Crippen LogP contribution >= 0.6 is 0 Å². The van der Waals surface area contributed by atoms with E-state index in [1.807, 2.05) is 49.4 Å². The highest BCUT2D eigenvalue weighted by atomic mass is 16.5. The highest BCUT2D eigenvalue weighted by molar-refractivity contribution is 5.91. The molecule has 122 valence electrons. The van der Waals surface area contributed by atoms with Crippen molar-refractivity contribution < 1.29 is 9.53 Å². The number of benzene rings is 3. The summed E-state index contributed by atoms with van der Waals surface area (Å²) < 4.78 is 5.16. The maximum atomic E-state index is 12.3. The smallest absolute Gasteiger partial charge is 0.319 e. The number of carbonyl (C=O) groups excluding carboxylic acids is 1. The number of amides is 2. The zero-order valence-electron chi connectivity index (χ0n) is 13.7. The highest BCUT2D eigenvalue weighted by Crippen LogP contribution is 2.24. The zero-order chi connectivity index (χ0) is 16.9. The van der Waals surface area contributed by atoms with Gasteiger partial charge in [0.15, 0.2) is 0 Å². The standard InChI is InChI=1S/C20H20N2O2/c1-14(18-12-5-8-15-7-3-4-11-19(15)18)21-20(23)22-16-9-6-10-17(13-16)24-2/h3-14H,1-2H3,(H2,21,22,23)/t14-/m1/s1. The minimum Gasteiger partial charge on any atom is -0.497 e.